The van der Waals surface area contributed by atoms with Crippen LogP contribution in [-0.2, 0) is 0 Å². The molecule has 0 unspecified atom stereocenters. The van der Waals surface area contributed by atoms with Gasteiger partial charge in [-0.3, -0.25) is 9.79 Å². The van der Waals surface area contributed by atoms with Crippen LogP contribution in [0.25, 0.3) is 0 Å². The lowest BCUT2D eigenvalue weighted by atomic mass is 9.95. The summed E-state index contributed by atoms with van der Waals surface area (Å²) in [5.41, 5.74) is 5.33. The van der Waals surface area contributed by atoms with Gasteiger partial charge >= 0.3 is 0 Å². The van der Waals surface area contributed by atoms with Crippen LogP contribution >= 0.6 is 0 Å². The van der Waals surface area contributed by atoms with Gasteiger partial charge in [0.2, 0.25) is 0 Å². The summed E-state index contributed by atoms with van der Waals surface area (Å²) < 4.78 is 18.9. The van der Waals surface area contributed by atoms with Crippen molar-refractivity contribution in [3.8, 4) is 18.1 Å². The van der Waals surface area contributed by atoms with Gasteiger partial charge in [-0.15, -0.1) is 6.42 Å². The fourth-order valence-electron chi connectivity index (χ4n) is 3.82. The number of Topliss-reactive ketones (excluding diaryl/α,β-unsaturated/α-hetero) is 1. The van der Waals surface area contributed by atoms with Gasteiger partial charge in [0.05, 0.1) is 12.3 Å². The molecule has 3 aromatic carbocycles. The number of benzene rings is 3. The first-order chi connectivity index (χ1) is 16.0. The molecule has 0 bridgehead atoms. The lowest BCUT2D eigenvalue weighted by Crippen LogP contribution is -2.34. The third-order valence-corrected chi connectivity index (χ3v) is 5.64. The number of aliphatic imine (C=N–C) groups is 1. The highest BCUT2D eigenvalue weighted by Gasteiger charge is 2.24. The summed E-state index contributed by atoms with van der Waals surface area (Å²) in [5.74, 6) is 3.09. The highest BCUT2D eigenvalue weighted by Crippen LogP contribution is 2.32. The minimum absolute atomic E-state index is 0.103. The fourth-order valence-corrected chi connectivity index (χ4v) is 3.82. The van der Waals surface area contributed by atoms with Gasteiger partial charge in [0.25, 0.3) is 0 Å². The van der Waals surface area contributed by atoms with E-state index in [9.17, 15) is 9.18 Å². The molecule has 1 heterocycles. The Bertz CT molecular complexity index is 1220. The third-order valence-electron chi connectivity index (χ3n) is 5.64. The van der Waals surface area contributed by atoms with E-state index in [-0.39, 0.29) is 24.8 Å². The van der Waals surface area contributed by atoms with Gasteiger partial charge in [-0.1, -0.05) is 44.0 Å². The van der Waals surface area contributed by atoms with Crippen LogP contribution in [0.2, 0.25) is 0 Å². The average molecular weight is 441 g/mol. The van der Waals surface area contributed by atoms with Crippen molar-refractivity contribution >= 4 is 17.2 Å². The number of fused-ring (bicyclic) bond motifs is 1. The van der Waals surface area contributed by atoms with E-state index in [1.54, 1.807) is 0 Å². The topological polar surface area (TPSA) is 41.9 Å². The van der Waals surface area contributed by atoms with E-state index in [4.69, 9.17) is 16.2 Å². The second-order valence-electron chi connectivity index (χ2n) is 8.22. The van der Waals surface area contributed by atoms with Crippen LogP contribution in [0.1, 0.15) is 46.8 Å². The van der Waals surface area contributed by atoms with Gasteiger partial charge in [-0.05, 0) is 53.9 Å². The minimum atomic E-state index is -0.368. The average Bonchev–Trinajstić information content (AvgIpc) is 2.83. The molecule has 0 spiro atoms. The van der Waals surface area contributed by atoms with Crippen LogP contribution in [-0.4, -0.2) is 31.3 Å². The molecule has 1 aliphatic heterocycles. The Morgan fingerprint density at radius 1 is 1.12 bits per heavy atom. The van der Waals surface area contributed by atoms with Gasteiger partial charge in [-0.25, -0.2) is 4.39 Å². The molecule has 0 amide bonds. The summed E-state index contributed by atoms with van der Waals surface area (Å²) in [4.78, 5) is 19.6. The van der Waals surface area contributed by atoms with Crippen LogP contribution in [0.5, 0.6) is 5.75 Å². The summed E-state index contributed by atoms with van der Waals surface area (Å²) >= 11 is 0. The van der Waals surface area contributed by atoms with Crippen molar-refractivity contribution in [3.63, 3.8) is 0 Å². The highest BCUT2D eigenvalue weighted by molar-refractivity contribution is 6.17. The van der Waals surface area contributed by atoms with Crippen molar-refractivity contribution in [1.29, 1.82) is 0 Å². The molecule has 0 radical (unpaired) electrons. The number of nitrogens with zero attached hydrogens (tertiary/aromatic N) is 2. The number of anilines is 1. The summed E-state index contributed by atoms with van der Waals surface area (Å²) in [6, 6.07) is 19.7. The Kier molecular flexibility index (Phi) is 6.55. The van der Waals surface area contributed by atoms with Crippen molar-refractivity contribution in [3.05, 3.63) is 94.8 Å². The maximum Gasteiger partial charge on any atom is 0.182 e. The number of halogens is 1. The van der Waals surface area contributed by atoms with E-state index in [0.29, 0.717) is 23.9 Å². The predicted molar refractivity (Wildman–Crippen MR) is 130 cm³/mol. The summed E-state index contributed by atoms with van der Waals surface area (Å²) in [5, 5.41) is 0. The standard InChI is InChI=1S/C28H25FN2O2/c1-4-15-33-24-13-14-26-25(16-24)28(22-7-5-20(6-8-22)19(2)3)30-18-31(26)17-27(32)21-9-11-23(29)12-10-21/h1,5-14,16,19H,15,17-18H2,2-3H3. The van der Waals surface area contributed by atoms with Crippen molar-refractivity contribution < 1.29 is 13.9 Å². The fraction of sp³-hybridized carbons (Fsp3) is 0.214. The second kappa shape index (κ2) is 9.70. The number of ketones is 1. The second-order valence-corrected chi connectivity index (χ2v) is 8.22. The SMILES string of the molecule is C#CCOc1ccc2c(c1)C(c1ccc(C(C)C)cc1)=NCN2CC(=O)c1ccc(F)cc1. The molecule has 4 rings (SSSR count). The van der Waals surface area contributed by atoms with E-state index < -0.39 is 0 Å². The monoisotopic (exact) mass is 440 g/mol. The van der Waals surface area contributed by atoms with Gasteiger partial charge in [0.1, 0.15) is 24.8 Å². The third kappa shape index (κ3) is 4.96. The first kappa shape index (κ1) is 22.3. The Morgan fingerprint density at radius 3 is 2.52 bits per heavy atom. The number of terminal acetylenes is 1. The van der Waals surface area contributed by atoms with E-state index in [1.165, 1.54) is 29.8 Å². The molecule has 3 aromatic rings. The molecule has 0 atom stereocenters. The minimum Gasteiger partial charge on any atom is -0.481 e. The van der Waals surface area contributed by atoms with Gasteiger partial charge < -0.3 is 9.64 Å². The van der Waals surface area contributed by atoms with Crippen LogP contribution < -0.4 is 9.64 Å². The number of rotatable bonds is 7. The molecule has 0 N–H and O–H groups in total. The summed E-state index contributed by atoms with van der Waals surface area (Å²) in [7, 11) is 0. The summed E-state index contributed by atoms with van der Waals surface area (Å²) in [6.45, 7) is 4.96. The Balaban J connectivity index is 1.67. The quantitative estimate of drug-likeness (QED) is 0.362. The Morgan fingerprint density at radius 2 is 1.85 bits per heavy atom. The molecule has 166 valence electrons. The first-order valence-electron chi connectivity index (χ1n) is 10.9. The molecule has 0 aliphatic carbocycles. The molecular formula is C28H25FN2O2. The number of ether oxygens (including phenoxy) is 1. The molecule has 0 aromatic heterocycles. The van der Waals surface area contributed by atoms with E-state index in [2.05, 4.69) is 44.0 Å². The zero-order valence-electron chi connectivity index (χ0n) is 18.7. The van der Waals surface area contributed by atoms with E-state index >= 15 is 0 Å². The van der Waals surface area contributed by atoms with Crippen molar-refractivity contribution in [2.24, 2.45) is 4.99 Å². The molecule has 33 heavy (non-hydrogen) atoms. The molecule has 0 saturated carbocycles. The molecule has 0 fully saturated rings. The summed E-state index contributed by atoms with van der Waals surface area (Å²) in [6.07, 6.45) is 5.34. The van der Waals surface area contributed by atoms with Crippen molar-refractivity contribution in [2.45, 2.75) is 19.8 Å². The molecule has 5 heteroatoms. The number of hydrogen-bond acceptors (Lipinski definition) is 4. The largest absolute Gasteiger partial charge is 0.481 e. The van der Waals surface area contributed by atoms with E-state index in [1.807, 2.05) is 23.1 Å². The maximum absolute atomic E-state index is 13.2. The molecular weight excluding hydrogens is 415 g/mol. The predicted octanol–water partition coefficient (Wildman–Crippen LogP) is 5.46. The smallest absolute Gasteiger partial charge is 0.182 e. The van der Waals surface area contributed by atoms with Crippen molar-refractivity contribution in [2.75, 3.05) is 24.7 Å². The molecule has 0 saturated heterocycles. The Labute approximate surface area is 193 Å². The zero-order valence-corrected chi connectivity index (χ0v) is 18.7. The Hall–Kier alpha value is -3.91. The van der Waals surface area contributed by atoms with Crippen LogP contribution in [0.15, 0.2) is 71.7 Å². The lowest BCUT2D eigenvalue weighted by molar-refractivity contribution is 0.0999. The molecule has 4 nitrogen and oxygen atoms in total. The first-order valence-corrected chi connectivity index (χ1v) is 10.9. The number of hydrogen-bond donors (Lipinski definition) is 0. The molecule has 1 aliphatic rings. The zero-order chi connectivity index (χ0) is 23.4. The number of carbonyl (C=O) groups excluding carboxylic acids is 1. The van der Waals surface area contributed by atoms with Gasteiger partial charge in [-0.2, -0.15) is 0 Å². The van der Waals surface area contributed by atoms with Gasteiger partial charge in [0.15, 0.2) is 5.78 Å². The highest BCUT2D eigenvalue weighted by atomic mass is 19.1. The van der Waals surface area contributed by atoms with E-state index in [0.717, 1.165) is 22.5 Å². The van der Waals surface area contributed by atoms with Crippen molar-refractivity contribution in [1.82, 2.24) is 0 Å². The van der Waals surface area contributed by atoms with Crippen LogP contribution in [0, 0.1) is 18.2 Å². The normalized spacial score (nSPS) is 12.7. The maximum atomic E-state index is 13.2. The lowest BCUT2D eigenvalue weighted by Gasteiger charge is -2.30. The van der Waals surface area contributed by atoms with Gasteiger partial charge in [0, 0.05) is 22.4 Å². The van der Waals surface area contributed by atoms with Crippen LogP contribution in [0.3, 0.4) is 0 Å². The van der Waals surface area contributed by atoms with Crippen LogP contribution in [0.4, 0.5) is 10.1 Å². The number of carbonyl (C=O) groups is 1.